The van der Waals surface area contributed by atoms with Crippen molar-refractivity contribution >= 4 is 17.6 Å². The van der Waals surface area contributed by atoms with E-state index in [0.717, 1.165) is 37.4 Å². The fraction of sp³-hybridized carbons (Fsp3) is 0.844. The molecule has 6 atom stereocenters. The number of oxime groups is 1. The molecule has 0 aliphatic heterocycles. The van der Waals surface area contributed by atoms with E-state index in [1.54, 1.807) is 4.90 Å². The molecule has 0 radical (unpaired) electrons. The van der Waals surface area contributed by atoms with Gasteiger partial charge in [-0.15, -0.1) is 0 Å². The minimum absolute atomic E-state index is 0.00134. The van der Waals surface area contributed by atoms with Crippen molar-refractivity contribution in [2.24, 2.45) is 39.7 Å². The number of hydrogen-bond acceptors (Lipinski definition) is 6. The first kappa shape index (κ1) is 30.2. The molecule has 1 amide bonds. The lowest BCUT2D eigenvalue weighted by atomic mass is 9.46. The van der Waals surface area contributed by atoms with Gasteiger partial charge in [0.25, 0.3) is 0 Å². The Morgan fingerprint density at radius 2 is 1.79 bits per heavy atom. The highest BCUT2D eigenvalue weighted by Gasteiger charge is 2.59. The zero-order chi connectivity index (χ0) is 28.6. The van der Waals surface area contributed by atoms with Crippen molar-refractivity contribution in [1.82, 2.24) is 15.1 Å². The number of likely N-dealkylation sites (N-methyl/N-ethyl adjacent to an activating group) is 1. The number of hydrogen-bond donors (Lipinski definition) is 1. The summed E-state index contributed by atoms with van der Waals surface area (Å²) in [5, 5.41) is 7.95. The van der Waals surface area contributed by atoms with Gasteiger partial charge in [-0.1, -0.05) is 24.6 Å². The molecule has 4 aliphatic rings. The molecule has 39 heavy (non-hydrogen) atoms. The topological polar surface area (TPSA) is 74.2 Å². The van der Waals surface area contributed by atoms with E-state index in [1.807, 2.05) is 20.2 Å². The molecule has 3 fully saturated rings. The predicted molar refractivity (Wildman–Crippen MR) is 158 cm³/mol. The second-order valence-electron chi connectivity index (χ2n) is 14.7. The first-order valence-electron chi connectivity index (χ1n) is 15.4. The molecule has 0 aromatic heterocycles. The van der Waals surface area contributed by atoms with Gasteiger partial charge in [0.05, 0.1) is 5.71 Å². The van der Waals surface area contributed by atoms with E-state index >= 15 is 0 Å². The molecule has 0 heterocycles. The van der Waals surface area contributed by atoms with Crippen molar-refractivity contribution in [1.29, 1.82) is 0 Å². The van der Waals surface area contributed by atoms with E-state index in [1.165, 1.54) is 31.3 Å². The lowest BCUT2D eigenvalue weighted by Gasteiger charge is -2.58. The summed E-state index contributed by atoms with van der Waals surface area (Å²) in [6, 6.07) is 0. The summed E-state index contributed by atoms with van der Waals surface area (Å²) in [4.78, 5) is 34.7. The molecule has 7 nitrogen and oxygen atoms in total. The highest BCUT2D eigenvalue weighted by molar-refractivity contribution is 5.91. The number of carbonyl (C=O) groups is 2. The van der Waals surface area contributed by atoms with Gasteiger partial charge in [-0.25, -0.2) is 4.79 Å². The molecular weight excluding hydrogens is 488 g/mol. The largest absolute Gasteiger partial charge is 0.436 e. The zero-order valence-corrected chi connectivity index (χ0v) is 25.9. The van der Waals surface area contributed by atoms with Gasteiger partial charge in [0, 0.05) is 44.1 Å². The van der Waals surface area contributed by atoms with Crippen LogP contribution < -0.4 is 5.32 Å². The van der Waals surface area contributed by atoms with Crippen molar-refractivity contribution in [3.05, 3.63) is 11.6 Å². The smallest absolute Gasteiger partial charge is 0.310 e. The Morgan fingerprint density at radius 1 is 1.05 bits per heavy atom. The van der Waals surface area contributed by atoms with Crippen LogP contribution in [-0.2, 0) is 9.63 Å². The number of rotatable bonds is 8. The van der Waals surface area contributed by atoms with Crippen LogP contribution in [0.25, 0.3) is 0 Å². The van der Waals surface area contributed by atoms with Crippen LogP contribution in [0.4, 0.5) is 4.79 Å². The van der Waals surface area contributed by atoms with Crippen LogP contribution in [-0.4, -0.2) is 73.2 Å². The molecule has 0 aromatic rings. The summed E-state index contributed by atoms with van der Waals surface area (Å²) in [7, 11) is 4.03. The second kappa shape index (κ2) is 11.6. The van der Waals surface area contributed by atoms with Crippen LogP contribution in [0.2, 0.25) is 0 Å². The standard InChI is InChI=1S/C32H54N4O3/c1-22(34-39-29(38)36(20-19-35(7)8)18-17-33-30(2,3)4)26-11-12-27-25-10-9-23-21-24(37)13-15-31(23,5)28(25)14-16-32(26,27)6/h21,25-28,33H,9-20H2,1-8H3/b34-22+/t25-,26+,27-,28-,31-,32+/m0/s1. The molecular formula is C32H54N4O3. The monoisotopic (exact) mass is 542 g/mol. The number of nitrogens with one attached hydrogen (secondary N) is 1. The molecule has 4 rings (SSSR count). The number of carbonyl (C=O) groups excluding carboxylic acids is 2. The average Bonchev–Trinajstić information content (AvgIpc) is 3.21. The highest BCUT2D eigenvalue weighted by Crippen LogP contribution is 2.66. The van der Waals surface area contributed by atoms with E-state index in [9.17, 15) is 9.59 Å². The third-order valence-corrected chi connectivity index (χ3v) is 10.8. The maximum Gasteiger partial charge on any atom is 0.436 e. The first-order chi connectivity index (χ1) is 18.2. The number of nitrogens with zero attached hydrogens (tertiary/aromatic N) is 3. The van der Waals surface area contributed by atoms with Crippen molar-refractivity contribution < 1.29 is 14.4 Å². The van der Waals surface area contributed by atoms with Gasteiger partial charge >= 0.3 is 6.09 Å². The Balaban J connectivity index is 1.41. The van der Waals surface area contributed by atoms with Crippen molar-refractivity contribution in [3.63, 3.8) is 0 Å². The third kappa shape index (κ3) is 6.45. The van der Waals surface area contributed by atoms with Crippen LogP contribution in [0.15, 0.2) is 16.8 Å². The minimum Gasteiger partial charge on any atom is -0.310 e. The lowest BCUT2D eigenvalue weighted by molar-refractivity contribution is -0.117. The van der Waals surface area contributed by atoms with Crippen molar-refractivity contribution in [2.75, 3.05) is 40.3 Å². The van der Waals surface area contributed by atoms with Crippen LogP contribution in [0.3, 0.4) is 0 Å². The summed E-state index contributed by atoms with van der Waals surface area (Å²) in [6.45, 7) is 16.1. The van der Waals surface area contributed by atoms with Gasteiger partial charge in [-0.3, -0.25) is 9.63 Å². The van der Waals surface area contributed by atoms with Gasteiger partial charge in [-0.05, 0) is 121 Å². The summed E-state index contributed by atoms with van der Waals surface area (Å²) in [6.07, 6.45) is 10.4. The fourth-order valence-corrected chi connectivity index (χ4v) is 8.66. The molecule has 220 valence electrons. The Labute approximate surface area is 237 Å². The second-order valence-corrected chi connectivity index (χ2v) is 14.7. The molecule has 1 N–H and O–H groups in total. The molecule has 7 heteroatoms. The van der Waals surface area contributed by atoms with E-state index in [-0.39, 0.29) is 22.5 Å². The molecule has 0 unspecified atom stereocenters. The van der Waals surface area contributed by atoms with Gasteiger partial charge in [0.2, 0.25) is 0 Å². The van der Waals surface area contributed by atoms with Gasteiger partial charge in [0.1, 0.15) is 0 Å². The fourth-order valence-electron chi connectivity index (χ4n) is 8.66. The van der Waals surface area contributed by atoms with E-state index in [4.69, 9.17) is 4.84 Å². The number of amides is 1. The quantitative estimate of drug-likeness (QED) is 0.235. The predicted octanol–water partition coefficient (Wildman–Crippen LogP) is 5.90. The van der Waals surface area contributed by atoms with Crippen LogP contribution in [0.1, 0.15) is 92.9 Å². The van der Waals surface area contributed by atoms with Gasteiger partial charge < -0.3 is 15.1 Å². The molecule has 4 aliphatic carbocycles. The number of ketones is 1. The van der Waals surface area contributed by atoms with Crippen molar-refractivity contribution in [3.8, 4) is 0 Å². The lowest BCUT2D eigenvalue weighted by Crippen LogP contribution is -2.51. The summed E-state index contributed by atoms with van der Waals surface area (Å²) >= 11 is 0. The van der Waals surface area contributed by atoms with E-state index in [2.05, 4.69) is 56.9 Å². The Morgan fingerprint density at radius 3 is 2.49 bits per heavy atom. The van der Waals surface area contributed by atoms with E-state index in [0.29, 0.717) is 49.6 Å². The highest BCUT2D eigenvalue weighted by atomic mass is 16.7. The normalized spacial score (nSPS) is 34.7. The summed E-state index contributed by atoms with van der Waals surface area (Å²) in [5.41, 5.74) is 2.80. The molecule has 3 saturated carbocycles. The maximum absolute atomic E-state index is 13.1. The molecule has 0 bridgehead atoms. The van der Waals surface area contributed by atoms with Gasteiger partial charge in [0.15, 0.2) is 5.78 Å². The third-order valence-electron chi connectivity index (χ3n) is 10.8. The summed E-state index contributed by atoms with van der Waals surface area (Å²) in [5.74, 6) is 2.76. The summed E-state index contributed by atoms with van der Waals surface area (Å²) < 4.78 is 0. The SMILES string of the molecule is C/C(=N\OC(=O)N(CCNC(C)(C)C)CCN(C)C)[C@H]1CC[C@H]2[C@@H]3CCC4=CC(=O)CC[C@]4(C)[C@H]3CC[C@]12C. The Kier molecular flexibility index (Phi) is 9.02. The van der Waals surface area contributed by atoms with Gasteiger partial charge in [-0.2, -0.15) is 0 Å². The maximum atomic E-state index is 13.1. The van der Waals surface area contributed by atoms with Crippen molar-refractivity contribution in [2.45, 2.75) is 98.4 Å². The Hall–Kier alpha value is -1.73. The van der Waals surface area contributed by atoms with E-state index < -0.39 is 0 Å². The molecule has 0 aromatic carbocycles. The van der Waals surface area contributed by atoms with Crippen LogP contribution in [0, 0.1) is 34.5 Å². The Bertz CT molecular complexity index is 982. The average molecular weight is 543 g/mol. The molecule has 0 spiro atoms. The zero-order valence-electron chi connectivity index (χ0n) is 25.9. The number of fused-ring (bicyclic) bond motifs is 5. The molecule has 0 saturated heterocycles. The minimum atomic E-state index is -0.360. The number of allylic oxidation sites excluding steroid dienone is 1. The van der Waals surface area contributed by atoms with Crippen LogP contribution in [0.5, 0.6) is 0 Å². The van der Waals surface area contributed by atoms with Crippen LogP contribution >= 0.6 is 0 Å². The first-order valence-corrected chi connectivity index (χ1v) is 15.4.